The summed E-state index contributed by atoms with van der Waals surface area (Å²) in [4.78, 5) is 25.8. The van der Waals surface area contributed by atoms with Gasteiger partial charge in [-0.25, -0.2) is 0 Å². The van der Waals surface area contributed by atoms with Crippen molar-refractivity contribution in [1.82, 2.24) is 4.57 Å². The van der Waals surface area contributed by atoms with Gasteiger partial charge in [-0.2, -0.15) is 5.26 Å². The number of nitrogens with zero attached hydrogens (tertiary/aromatic N) is 4. The van der Waals surface area contributed by atoms with Crippen molar-refractivity contribution in [3.8, 4) is 11.9 Å². The minimum atomic E-state index is -0.530. The van der Waals surface area contributed by atoms with Gasteiger partial charge in [0.1, 0.15) is 11.6 Å². The predicted molar refractivity (Wildman–Crippen MR) is 117 cm³/mol. The molecule has 0 aliphatic heterocycles. The van der Waals surface area contributed by atoms with Crippen LogP contribution in [0.15, 0.2) is 69.6 Å². The van der Waals surface area contributed by atoms with Crippen molar-refractivity contribution in [2.75, 3.05) is 0 Å². The molecule has 3 aromatic rings. The Hall–Kier alpha value is -4.05. The molecule has 0 unspecified atom stereocenters. The first-order chi connectivity index (χ1) is 15.0. The normalized spacial score (nSPS) is 10.9. The summed E-state index contributed by atoms with van der Waals surface area (Å²) in [6, 6.07) is 17.5. The van der Waals surface area contributed by atoms with Gasteiger partial charge in [-0.05, 0) is 25.5 Å². The van der Waals surface area contributed by atoms with E-state index in [0.717, 1.165) is 11.0 Å². The molecule has 0 aliphatic rings. The molecule has 2 aromatic carbocycles. The summed E-state index contributed by atoms with van der Waals surface area (Å²) in [7, 11) is 0. The van der Waals surface area contributed by atoms with Gasteiger partial charge in [0.2, 0.25) is 5.88 Å². The molecule has 0 fully saturated rings. The smallest absolute Gasteiger partial charge is 0.281 e. The van der Waals surface area contributed by atoms with Crippen molar-refractivity contribution in [2.24, 2.45) is 10.2 Å². The van der Waals surface area contributed by atoms with Crippen LogP contribution in [0.3, 0.4) is 0 Å². The first kappa shape index (κ1) is 21.7. The molecule has 7 heteroatoms. The fourth-order valence-electron chi connectivity index (χ4n) is 3.18. The van der Waals surface area contributed by atoms with Gasteiger partial charge >= 0.3 is 0 Å². The SMILES string of the molecule is CCCCn1c(O)c(C#N)c(C)c(N=Nc2ccccc2C(=O)c2ccccc2)c1=O. The molecule has 1 aromatic heterocycles. The van der Waals surface area contributed by atoms with E-state index in [4.69, 9.17) is 0 Å². The summed E-state index contributed by atoms with van der Waals surface area (Å²) in [6.45, 7) is 3.77. The van der Waals surface area contributed by atoms with E-state index in [-0.39, 0.29) is 35.0 Å². The zero-order chi connectivity index (χ0) is 22.4. The number of aromatic nitrogens is 1. The van der Waals surface area contributed by atoms with Gasteiger partial charge < -0.3 is 5.11 Å². The van der Waals surface area contributed by atoms with Crippen LogP contribution in [0.1, 0.15) is 46.8 Å². The fraction of sp³-hybridized carbons (Fsp3) is 0.208. The third kappa shape index (κ3) is 4.43. The Labute approximate surface area is 179 Å². The maximum Gasteiger partial charge on any atom is 0.281 e. The van der Waals surface area contributed by atoms with Crippen LogP contribution in [-0.2, 0) is 6.54 Å². The number of hydrogen-bond donors (Lipinski definition) is 1. The molecular formula is C24H22N4O3. The van der Waals surface area contributed by atoms with E-state index < -0.39 is 5.56 Å². The lowest BCUT2D eigenvalue weighted by molar-refractivity contribution is 0.103. The highest BCUT2D eigenvalue weighted by Gasteiger charge is 2.19. The third-order valence-corrected chi connectivity index (χ3v) is 4.95. The minimum Gasteiger partial charge on any atom is -0.493 e. The van der Waals surface area contributed by atoms with Crippen molar-refractivity contribution in [3.05, 3.63) is 87.2 Å². The second-order valence-electron chi connectivity index (χ2n) is 7.01. The van der Waals surface area contributed by atoms with Crippen LogP contribution in [0.25, 0.3) is 0 Å². The number of rotatable bonds is 7. The molecule has 7 nitrogen and oxygen atoms in total. The summed E-state index contributed by atoms with van der Waals surface area (Å²) in [5, 5.41) is 28.1. The Morgan fingerprint density at radius 1 is 1.10 bits per heavy atom. The van der Waals surface area contributed by atoms with Crippen LogP contribution in [0.5, 0.6) is 5.88 Å². The van der Waals surface area contributed by atoms with Crippen molar-refractivity contribution in [3.63, 3.8) is 0 Å². The number of pyridine rings is 1. The number of carbonyl (C=O) groups excluding carboxylic acids is 1. The van der Waals surface area contributed by atoms with Gasteiger partial charge in [-0.3, -0.25) is 14.2 Å². The quantitative estimate of drug-likeness (QED) is 0.424. The van der Waals surface area contributed by atoms with E-state index in [1.165, 1.54) is 0 Å². The number of aromatic hydroxyl groups is 1. The monoisotopic (exact) mass is 414 g/mol. The van der Waals surface area contributed by atoms with Gasteiger partial charge in [-0.1, -0.05) is 55.8 Å². The second kappa shape index (κ2) is 9.63. The highest BCUT2D eigenvalue weighted by molar-refractivity contribution is 6.11. The Morgan fingerprint density at radius 2 is 1.77 bits per heavy atom. The molecule has 31 heavy (non-hydrogen) atoms. The van der Waals surface area contributed by atoms with Crippen LogP contribution in [-0.4, -0.2) is 15.5 Å². The molecule has 0 radical (unpaired) electrons. The lowest BCUT2D eigenvalue weighted by Crippen LogP contribution is -2.22. The summed E-state index contributed by atoms with van der Waals surface area (Å²) in [6.07, 6.45) is 1.47. The standard InChI is InChI=1S/C24H22N4O3/c1-3-4-14-28-23(30)19(15-25)16(2)21(24(28)31)27-26-20-13-9-8-12-18(20)22(29)17-10-6-5-7-11-17/h5-13,30H,3-4,14H2,1-2H3. The zero-order valence-electron chi connectivity index (χ0n) is 17.4. The maximum absolute atomic E-state index is 12.9. The first-order valence-corrected chi connectivity index (χ1v) is 9.96. The first-order valence-electron chi connectivity index (χ1n) is 9.96. The minimum absolute atomic E-state index is 0.0155. The van der Waals surface area contributed by atoms with E-state index in [1.807, 2.05) is 19.1 Å². The van der Waals surface area contributed by atoms with Crippen molar-refractivity contribution >= 4 is 17.2 Å². The number of benzene rings is 2. The molecule has 0 amide bonds. The highest BCUT2D eigenvalue weighted by atomic mass is 16.3. The van der Waals surface area contributed by atoms with Gasteiger partial charge in [0.05, 0.1) is 11.3 Å². The Balaban J connectivity index is 2.08. The van der Waals surface area contributed by atoms with Crippen LogP contribution in [0, 0.1) is 18.3 Å². The third-order valence-electron chi connectivity index (χ3n) is 4.95. The maximum atomic E-state index is 12.9. The molecule has 1 heterocycles. The molecule has 0 saturated heterocycles. The predicted octanol–water partition coefficient (Wildman–Crippen LogP) is 5.18. The van der Waals surface area contributed by atoms with E-state index in [2.05, 4.69) is 10.2 Å². The van der Waals surface area contributed by atoms with Crippen LogP contribution in [0.2, 0.25) is 0 Å². The van der Waals surface area contributed by atoms with Crippen LogP contribution in [0.4, 0.5) is 11.4 Å². The largest absolute Gasteiger partial charge is 0.493 e. The fourth-order valence-corrected chi connectivity index (χ4v) is 3.18. The molecule has 0 atom stereocenters. The number of ketones is 1. The molecular weight excluding hydrogens is 392 g/mol. The summed E-state index contributed by atoms with van der Waals surface area (Å²) < 4.78 is 1.14. The lowest BCUT2D eigenvalue weighted by atomic mass is 10.0. The highest BCUT2D eigenvalue weighted by Crippen LogP contribution is 2.28. The van der Waals surface area contributed by atoms with Crippen molar-refractivity contribution in [1.29, 1.82) is 5.26 Å². The lowest BCUT2D eigenvalue weighted by Gasteiger charge is -2.12. The molecule has 0 aliphatic carbocycles. The van der Waals surface area contributed by atoms with Gasteiger partial charge in [0.15, 0.2) is 11.5 Å². The number of unbranched alkanes of at least 4 members (excludes halogenated alkanes) is 1. The Bertz CT molecular complexity index is 1240. The Morgan fingerprint density at radius 3 is 2.45 bits per heavy atom. The summed E-state index contributed by atoms with van der Waals surface area (Å²) in [5.41, 5.74) is 0.833. The second-order valence-corrected chi connectivity index (χ2v) is 7.01. The summed E-state index contributed by atoms with van der Waals surface area (Å²) >= 11 is 0. The average Bonchev–Trinajstić information content (AvgIpc) is 2.79. The van der Waals surface area contributed by atoms with Crippen molar-refractivity contribution in [2.45, 2.75) is 33.2 Å². The molecule has 0 bridgehead atoms. The average molecular weight is 414 g/mol. The number of azo groups is 1. The Kier molecular flexibility index (Phi) is 6.73. The molecule has 0 saturated carbocycles. The van der Waals surface area contributed by atoms with E-state index in [0.29, 0.717) is 23.2 Å². The topological polar surface area (TPSA) is 108 Å². The van der Waals surface area contributed by atoms with Crippen molar-refractivity contribution < 1.29 is 9.90 Å². The molecule has 1 N–H and O–H groups in total. The van der Waals surface area contributed by atoms with E-state index in [9.17, 15) is 20.0 Å². The molecule has 156 valence electrons. The van der Waals surface area contributed by atoms with Gasteiger partial charge in [-0.15, -0.1) is 10.2 Å². The van der Waals surface area contributed by atoms with Crippen LogP contribution >= 0.6 is 0 Å². The van der Waals surface area contributed by atoms with E-state index in [1.54, 1.807) is 55.5 Å². The zero-order valence-corrected chi connectivity index (χ0v) is 17.4. The van der Waals surface area contributed by atoms with Gasteiger partial charge in [0.25, 0.3) is 5.56 Å². The van der Waals surface area contributed by atoms with Crippen LogP contribution < -0.4 is 5.56 Å². The van der Waals surface area contributed by atoms with E-state index >= 15 is 0 Å². The molecule has 0 spiro atoms. The molecule has 3 rings (SSSR count). The number of hydrogen-bond acceptors (Lipinski definition) is 6. The number of nitriles is 1. The van der Waals surface area contributed by atoms with Gasteiger partial charge in [0, 0.05) is 17.7 Å². The summed E-state index contributed by atoms with van der Waals surface area (Å²) in [5.74, 6) is -0.576. The number of carbonyl (C=O) groups is 1.